The lowest BCUT2D eigenvalue weighted by molar-refractivity contribution is -0.122. The summed E-state index contributed by atoms with van der Waals surface area (Å²) in [5, 5.41) is 8.78. The summed E-state index contributed by atoms with van der Waals surface area (Å²) in [5.74, 6) is -0.164. The van der Waals surface area contributed by atoms with Crippen molar-refractivity contribution in [2.75, 3.05) is 27.2 Å². The number of unbranched alkanes of at least 4 members (excludes halogenated alkanes) is 1. The maximum atomic E-state index is 11.6. The fraction of sp³-hybridized carbons (Fsp3) is 0.667. The van der Waals surface area contributed by atoms with Gasteiger partial charge in [0.2, 0.25) is 11.8 Å². The van der Waals surface area contributed by atoms with E-state index in [9.17, 15) is 9.59 Å². The molecule has 0 saturated carbocycles. The maximum absolute atomic E-state index is 11.6. The number of hydrogen-bond donors (Lipinski definition) is 2. The molecule has 8 heteroatoms. The molecule has 0 atom stereocenters. The number of nitrogens with zero attached hydrogens (tertiary/aromatic N) is 3. The van der Waals surface area contributed by atoms with E-state index in [1.807, 2.05) is 0 Å². The predicted octanol–water partition coefficient (Wildman–Crippen LogP) is -0.223. The van der Waals surface area contributed by atoms with E-state index in [4.69, 9.17) is 4.52 Å². The summed E-state index contributed by atoms with van der Waals surface area (Å²) in [7, 11) is 3.26. The molecule has 0 unspecified atom stereocenters. The summed E-state index contributed by atoms with van der Waals surface area (Å²) in [6.07, 6.45) is 2.01. The van der Waals surface area contributed by atoms with Crippen molar-refractivity contribution < 1.29 is 14.1 Å². The van der Waals surface area contributed by atoms with Gasteiger partial charge in [-0.1, -0.05) is 18.5 Å². The van der Waals surface area contributed by atoms with Crippen molar-refractivity contribution >= 4 is 11.8 Å². The molecule has 1 aromatic rings. The summed E-state index contributed by atoms with van der Waals surface area (Å²) < 4.78 is 4.94. The number of amides is 2. The summed E-state index contributed by atoms with van der Waals surface area (Å²) in [4.78, 5) is 28.5. The maximum Gasteiger partial charge on any atom is 0.292 e. The second-order valence-electron chi connectivity index (χ2n) is 4.47. The molecule has 0 saturated heterocycles. The summed E-state index contributed by atoms with van der Waals surface area (Å²) in [5.41, 5.74) is 0. The molecule has 0 aliphatic heterocycles. The Balaban J connectivity index is 2.38. The van der Waals surface area contributed by atoms with Crippen molar-refractivity contribution in [2.45, 2.75) is 26.3 Å². The molecule has 1 rings (SSSR count). The van der Waals surface area contributed by atoms with Gasteiger partial charge in [0.1, 0.15) is 0 Å². The van der Waals surface area contributed by atoms with Crippen LogP contribution < -0.4 is 10.6 Å². The Morgan fingerprint density at radius 1 is 1.40 bits per heavy atom. The third-order valence-corrected chi connectivity index (χ3v) is 2.57. The zero-order valence-corrected chi connectivity index (χ0v) is 12.1. The molecule has 0 aliphatic rings. The van der Waals surface area contributed by atoms with Crippen LogP contribution in [0.5, 0.6) is 0 Å². The Morgan fingerprint density at radius 2 is 2.15 bits per heavy atom. The van der Waals surface area contributed by atoms with Gasteiger partial charge in [0.25, 0.3) is 11.7 Å². The van der Waals surface area contributed by atoms with E-state index >= 15 is 0 Å². The van der Waals surface area contributed by atoms with E-state index in [0.29, 0.717) is 19.0 Å². The van der Waals surface area contributed by atoms with Crippen LogP contribution in [0.4, 0.5) is 0 Å². The molecule has 1 aromatic heterocycles. The fourth-order valence-corrected chi connectivity index (χ4v) is 1.52. The van der Waals surface area contributed by atoms with Crippen molar-refractivity contribution in [3.8, 4) is 0 Å². The molecule has 0 radical (unpaired) electrons. The number of nitrogens with one attached hydrogen (secondary N) is 2. The van der Waals surface area contributed by atoms with Gasteiger partial charge in [0.15, 0.2) is 0 Å². The van der Waals surface area contributed by atoms with E-state index < -0.39 is 5.91 Å². The third kappa shape index (κ3) is 5.35. The second kappa shape index (κ2) is 8.26. The van der Waals surface area contributed by atoms with Crippen molar-refractivity contribution in [1.82, 2.24) is 25.7 Å². The van der Waals surface area contributed by atoms with Gasteiger partial charge in [-0.2, -0.15) is 4.98 Å². The van der Waals surface area contributed by atoms with E-state index in [1.165, 1.54) is 7.05 Å². The van der Waals surface area contributed by atoms with E-state index in [0.717, 1.165) is 12.8 Å². The molecule has 2 amide bonds. The van der Waals surface area contributed by atoms with Crippen LogP contribution in [0.25, 0.3) is 0 Å². The standard InChI is InChI=1S/C12H21N5O3/c1-4-5-6-14-9(18)7-17(3)8-10-15-11(16-20-10)12(19)13-2/h4-8H2,1-3H3,(H,13,19)(H,14,18). The summed E-state index contributed by atoms with van der Waals surface area (Å²) >= 11 is 0. The molecular formula is C12H21N5O3. The van der Waals surface area contributed by atoms with Crippen molar-refractivity contribution in [1.29, 1.82) is 0 Å². The molecule has 1 heterocycles. The number of rotatable bonds is 8. The van der Waals surface area contributed by atoms with Crippen LogP contribution >= 0.6 is 0 Å². The Morgan fingerprint density at radius 3 is 2.80 bits per heavy atom. The Kier molecular flexibility index (Phi) is 6.65. The van der Waals surface area contributed by atoms with Gasteiger partial charge in [-0.05, 0) is 13.5 Å². The first kappa shape index (κ1) is 16.1. The van der Waals surface area contributed by atoms with Gasteiger partial charge in [-0.3, -0.25) is 14.5 Å². The first-order chi connectivity index (χ1) is 9.56. The molecule has 2 N–H and O–H groups in total. The summed E-state index contributed by atoms with van der Waals surface area (Å²) in [6, 6.07) is 0. The Labute approximate surface area is 117 Å². The number of likely N-dealkylation sites (N-methyl/N-ethyl adjacent to an activating group) is 1. The first-order valence-electron chi connectivity index (χ1n) is 6.56. The highest BCUT2D eigenvalue weighted by atomic mass is 16.5. The highest BCUT2D eigenvalue weighted by Gasteiger charge is 2.15. The lowest BCUT2D eigenvalue weighted by Gasteiger charge is -2.13. The van der Waals surface area contributed by atoms with Crippen LogP contribution in [0.15, 0.2) is 4.52 Å². The van der Waals surface area contributed by atoms with Gasteiger partial charge in [-0.15, -0.1) is 0 Å². The molecule has 8 nitrogen and oxygen atoms in total. The average molecular weight is 283 g/mol. The van der Waals surface area contributed by atoms with Gasteiger partial charge in [0.05, 0.1) is 13.1 Å². The van der Waals surface area contributed by atoms with Gasteiger partial charge < -0.3 is 15.2 Å². The molecule has 0 spiro atoms. The SMILES string of the molecule is CCCCNC(=O)CN(C)Cc1nc(C(=O)NC)no1. The molecular weight excluding hydrogens is 262 g/mol. The minimum atomic E-state index is -0.403. The van der Waals surface area contributed by atoms with Crippen LogP contribution in [0.3, 0.4) is 0 Å². The smallest absolute Gasteiger partial charge is 0.292 e. The topological polar surface area (TPSA) is 100 Å². The number of aromatic nitrogens is 2. The number of carbonyl (C=O) groups excluding carboxylic acids is 2. The van der Waals surface area contributed by atoms with Crippen molar-refractivity contribution in [2.24, 2.45) is 0 Å². The normalized spacial score (nSPS) is 10.6. The first-order valence-corrected chi connectivity index (χ1v) is 6.56. The monoisotopic (exact) mass is 283 g/mol. The van der Waals surface area contributed by atoms with Crippen molar-refractivity contribution in [3.05, 3.63) is 11.7 Å². The molecule has 20 heavy (non-hydrogen) atoms. The van der Waals surface area contributed by atoms with Gasteiger partial charge in [-0.25, -0.2) is 0 Å². The summed E-state index contributed by atoms with van der Waals surface area (Å²) in [6.45, 7) is 3.30. The fourth-order valence-electron chi connectivity index (χ4n) is 1.52. The Bertz CT molecular complexity index is 446. The van der Waals surface area contributed by atoms with Crippen LogP contribution in [0.2, 0.25) is 0 Å². The Hall–Kier alpha value is -1.96. The quantitative estimate of drug-likeness (QED) is 0.640. The van der Waals surface area contributed by atoms with Crippen LogP contribution in [-0.2, 0) is 11.3 Å². The average Bonchev–Trinajstić information content (AvgIpc) is 2.86. The van der Waals surface area contributed by atoms with Gasteiger partial charge >= 0.3 is 0 Å². The largest absolute Gasteiger partial charge is 0.355 e. The lowest BCUT2D eigenvalue weighted by Crippen LogP contribution is -2.35. The van der Waals surface area contributed by atoms with Crippen LogP contribution in [0.1, 0.15) is 36.3 Å². The zero-order chi connectivity index (χ0) is 15.0. The highest BCUT2D eigenvalue weighted by molar-refractivity contribution is 5.89. The minimum Gasteiger partial charge on any atom is -0.355 e. The molecule has 0 aliphatic carbocycles. The second-order valence-corrected chi connectivity index (χ2v) is 4.47. The molecule has 112 valence electrons. The molecule has 0 aromatic carbocycles. The van der Waals surface area contributed by atoms with E-state index in [-0.39, 0.29) is 18.3 Å². The zero-order valence-electron chi connectivity index (χ0n) is 12.1. The van der Waals surface area contributed by atoms with Crippen molar-refractivity contribution in [3.63, 3.8) is 0 Å². The van der Waals surface area contributed by atoms with Crippen LogP contribution in [-0.4, -0.2) is 54.0 Å². The highest BCUT2D eigenvalue weighted by Crippen LogP contribution is 2.01. The van der Waals surface area contributed by atoms with E-state index in [1.54, 1.807) is 11.9 Å². The number of hydrogen-bond acceptors (Lipinski definition) is 6. The van der Waals surface area contributed by atoms with Gasteiger partial charge in [0, 0.05) is 13.6 Å². The minimum absolute atomic E-state index is 0.0108. The number of carbonyl (C=O) groups is 2. The van der Waals surface area contributed by atoms with E-state index in [2.05, 4.69) is 27.7 Å². The van der Waals surface area contributed by atoms with Crippen LogP contribution in [0, 0.1) is 0 Å². The lowest BCUT2D eigenvalue weighted by atomic mass is 10.3. The third-order valence-electron chi connectivity index (χ3n) is 2.57. The predicted molar refractivity (Wildman–Crippen MR) is 71.9 cm³/mol. The molecule has 0 fully saturated rings. The molecule has 0 bridgehead atoms.